The number of β-lactam (4-membered cyclic amide) rings is 1. The van der Waals surface area contributed by atoms with Crippen molar-refractivity contribution in [1.29, 1.82) is 0 Å². The number of amides is 3. The number of benzene rings is 2. The summed E-state index contributed by atoms with van der Waals surface area (Å²) in [5.41, 5.74) is 1.61. The number of rotatable bonds is 6. The van der Waals surface area contributed by atoms with E-state index in [1.165, 1.54) is 16.7 Å². The molecule has 0 spiro atoms. The number of hydrogen-bond donors (Lipinski definition) is 1. The van der Waals surface area contributed by atoms with Gasteiger partial charge in [-0.05, 0) is 11.1 Å². The molecule has 4 rings (SSSR count). The fourth-order valence-electron chi connectivity index (χ4n) is 3.91. The third kappa shape index (κ3) is 4.27. The molecule has 0 aliphatic carbocycles. The van der Waals surface area contributed by atoms with Gasteiger partial charge in [0.05, 0.1) is 6.04 Å². The van der Waals surface area contributed by atoms with E-state index in [1.54, 1.807) is 0 Å². The topological polar surface area (TPSA) is 105 Å². The Labute approximate surface area is 184 Å². The van der Waals surface area contributed by atoms with Crippen LogP contribution in [0.15, 0.2) is 60.7 Å². The molecule has 9 nitrogen and oxygen atoms in total. The van der Waals surface area contributed by atoms with Crippen LogP contribution in [0.5, 0.6) is 0 Å². The van der Waals surface area contributed by atoms with Gasteiger partial charge in [0, 0.05) is 13.5 Å². The van der Waals surface area contributed by atoms with E-state index in [2.05, 4.69) is 5.32 Å². The Hall–Kier alpha value is -3.88. The second kappa shape index (κ2) is 9.09. The van der Waals surface area contributed by atoms with Gasteiger partial charge in [0.2, 0.25) is 18.0 Å². The minimum absolute atomic E-state index is 0.0299. The Morgan fingerprint density at radius 2 is 1.50 bits per heavy atom. The molecule has 2 heterocycles. The van der Waals surface area contributed by atoms with Crippen LogP contribution in [0.4, 0.5) is 4.79 Å². The van der Waals surface area contributed by atoms with Crippen molar-refractivity contribution in [2.75, 3.05) is 6.54 Å². The first kappa shape index (κ1) is 21.4. The predicted molar refractivity (Wildman–Crippen MR) is 112 cm³/mol. The summed E-state index contributed by atoms with van der Waals surface area (Å²) < 4.78 is 10.5. The van der Waals surface area contributed by atoms with Crippen molar-refractivity contribution in [1.82, 2.24) is 15.1 Å². The maximum atomic E-state index is 12.7. The highest BCUT2D eigenvalue weighted by Crippen LogP contribution is 2.33. The van der Waals surface area contributed by atoms with Crippen molar-refractivity contribution < 1.29 is 28.7 Å². The lowest BCUT2D eigenvalue weighted by Gasteiger charge is -2.43. The first-order valence-electron chi connectivity index (χ1n) is 10.2. The molecule has 2 aliphatic rings. The quantitative estimate of drug-likeness (QED) is 0.541. The fourth-order valence-corrected chi connectivity index (χ4v) is 3.91. The summed E-state index contributed by atoms with van der Waals surface area (Å²) in [6, 6.07) is 16.9. The number of ether oxygens (including phenoxy) is 2. The van der Waals surface area contributed by atoms with Crippen molar-refractivity contribution in [3.05, 3.63) is 71.8 Å². The predicted octanol–water partition coefficient (Wildman–Crippen LogP) is 1.42. The van der Waals surface area contributed by atoms with Crippen LogP contribution in [0.2, 0.25) is 0 Å². The smallest absolute Gasteiger partial charge is 0.408 e. The Kier molecular flexibility index (Phi) is 6.07. The van der Waals surface area contributed by atoms with Gasteiger partial charge in [-0.25, -0.2) is 9.59 Å². The molecule has 0 aromatic heterocycles. The van der Waals surface area contributed by atoms with Crippen LogP contribution < -0.4 is 5.32 Å². The van der Waals surface area contributed by atoms with Gasteiger partial charge in [0.1, 0.15) is 19.3 Å². The van der Waals surface area contributed by atoms with E-state index >= 15 is 0 Å². The molecular formula is C23H23N3O6. The van der Waals surface area contributed by atoms with Gasteiger partial charge in [-0.15, -0.1) is 0 Å². The molecular weight excluding hydrogens is 414 g/mol. The highest BCUT2D eigenvalue weighted by molar-refractivity contribution is 5.98. The van der Waals surface area contributed by atoms with Gasteiger partial charge in [0.25, 0.3) is 0 Å². The van der Waals surface area contributed by atoms with E-state index < -0.39 is 36.2 Å². The lowest BCUT2D eigenvalue weighted by atomic mass is 9.97. The summed E-state index contributed by atoms with van der Waals surface area (Å²) >= 11 is 0. The maximum Gasteiger partial charge on any atom is 0.408 e. The number of carbonyl (C=O) groups is 4. The van der Waals surface area contributed by atoms with Gasteiger partial charge >= 0.3 is 12.1 Å². The highest BCUT2D eigenvalue weighted by Gasteiger charge is 2.61. The molecule has 2 saturated heterocycles. The summed E-state index contributed by atoms with van der Waals surface area (Å²) in [5, 5.41) is 2.54. The lowest BCUT2D eigenvalue weighted by Crippen LogP contribution is -2.71. The summed E-state index contributed by atoms with van der Waals surface area (Å²) in [7, 11) is 0. The second-order valence-electron chi connectivity index (χ2n) is 7.63. The SMILES string of the molecule is CC(=O)N1CC2[C@@H](NC(=O)OCc3ccccc3)C(=O)N2C1C(=O)OCc1ccccc1. The molecule has 3 atom stereocenters. The summed E-state index contributed by atoms with van der Waals surface area (Å²) in [6.07, 6.45) is -1.89. The van der Waals surface area contributed by atoms with E-state index in [0.717, 1.165) is 11.1 Å². The van der Waals surface area contributed by atoms with Crippen molar-refractivity contribution >= 4 is 23.9 Å². The molecule has 3 amide bonds. The number of nitrogens with zero attached hydrogens (tertiary/aromatic N) is 2. The number of alkyl carbamates (subject to hydrolysis) is 1. The van der Waals surface area contributed by atoms with Crippen molar-refractivity contribution in [3.8, 4) is 0 Å². The van der Waals surface area contributed by atoms with Crippen LogP contribution in [0.1, 0.15) is 18.1 Å². The van der Waals surface area contributed by atoms with Crippen molar-refractivity contribution in [2.45, 2.75) is 38.4 Å². The van der Waals surface area contributed by atoms with Gasteiger partial charge in [0.15, 0.2) is 0 Å². The van der Waals surface area contributed by atoms with E-state index in [-0.39, 0.29) is 25.7 Å². The molecule has 2 aromatic carbocycles. The molecule has 32 heavy (non-hydrogen) atoms. The van der Waals surface area contributed by atoms with Crippen LogP contribution in [-0.2, 0) is 37.1 Å². The molecule has 9 heteroatoms. The van der Waals surface area contributed by atoms with E-state index in [0.29, 0.717) is 0 Å². The van der Waals surface area contributed by atoms with Gasteiger partial charge in [-0.2, -0.15) is 0 Å². The van der Waals surface area contributed by atoms with E-state index in [9.17, 15) is 19.2 Å². The van der Waals surface area contributed by atoms with Crippen LogP contribution in [0.3, 0.4) is 0 Å². The summed E-state index contributed by atoms with van der Waals surface area (Å²) in [4.78, 5) is 52.3. The van der Waals surface area contributed by atoms with Crippen LogP contribution in [0.25, 0.3) is 0 Å². The Bertz CT molecular complexity index is 1010. The number of fused-ring (bicyclic) bond motifs is 1. The zero-order valence-corrected chi connectivity index (χ0v) is 17.5. The standard InChI is InChI=1S/C23H23N3O6/c1-15(27)25-12-18-19(24-23(30)32-14-17-10-6-3-7-11-17)21(28)26(18)20(25)22(29)31-13-16-8-4-2-5-9-16/h2-11,18-20H,12-14H2,1H3,(H,24,30)/t18?,19-,20?/m1/s1. The molecule has 0 saturated carbocycles. The largest absolute Gasteiger partial charge is 0.458 e. The average Bonchev–Trinajstić information content (AvgIpc) is 3.18. The van der Waals surface area contributed by atoms with Crippen molar-refractivity contribution in [3.63, 3.8) is 0 Å². The zero-order chi connectivity index (χ0) is 22.7. The molecule has 2 fully saturated rings. The van der Waals surface area contributed by atoms with E-state index in [1.807, 2.05) is 60.7 Å². The first-order valence-corrected chi connectivity index (χ1v) is 10.2. The van der Waals surface area contributed by atoms with Crippen LogP contribution >= 0.6 is 0 Å². The number of nitrogens with one attached hydrogen (secondary N) is 1. The van der Waals surface area contributed by atoms with E-state index in [4.69, 9.17) is 9.47 Å². The number of carbonyl (C=O) groups excluding carboxylic acids is 4. The molecule has 2 unspecified atom stereocenters. The molecule has 166 valence electrons. The highest BCUT2D eigenvalue weighted by atomic mass is 16.5. The fraction of sp³-hybridized carbons (Fsp3) is 0.304. The van der Waals surface area contributed by atoms with Crippen LogP contribution in [0, 0.1) is 0 Å². The average molecular weight is 437 g/mol. The monoisotopic (exact) mass is 437 g/mol. The normalized spacial score (nSPS) is 21.4. The molecule has 0 bridgehead atoms. The molecule has 1 N–H and O–H groups in total. The zero-order valence-electron chi connectivity index (χ0n) is 17.5. The third-order valence-corrected chi connectivity index (χ3v) is 5.53. The molecule has 2 aliphatic heterocycles. The Morgan fingerprint density at radius 3 is 2.06 bits per heavy atom. The summed E-state index contributed by atoms with van der Waals surface area (Å²) in [5.74, 6) is -1.51. The lowest BCUT2D eigenvalue weighted by molar-refractivity contribution is -0.169. The number of esters is 1. The van der Waals surface area contributed by atoms with Crippen molar-refractivity contribution in [2.24, 2.45) is 0 Å². The number of hydrogen-bond acceptors (Lipinski definition) is 6. The molecule has 2 aromatic rings. The minimum atomic E-state index is -1.15. The van der Waals surface area contributed by atoms with Gasteiger partial charge < -0.3 is 24.6 Å². The summed E-state index contributed by atoms with van der Waals surface area (Å²) in [6.45, 7) is 1.54. The van der Waals surface area contributed by atoms with Crippen LogP contribution in [-0.4, -0.2) is 58.5 Å². The Morgan fingerprint density at radius 1 is 0.938 bits per heavy atom. The third-order valence-electron chi connectivity index (χ3n) is 5.53. The second-order valence-corrected chi connectivity index (χ2v) is 7.63. The first-order chi connectivity index (χ1) is 15.5. The molecule has 0 radical (unpaired) electrons. The minimum Gasteiger partial charge on any atom is -0.458 e. The van der Waals surface area contributed by atoms with Gasteiger partial charge in [-0.3, -0.25) is 9.59 Å². The Balaban J connectivity index is 1.37. The van der Waals surface area contributed by atoms with Gasteiger partial charge in [-0.1, -0.05) is 60.7 Å². The maximum absolute atomic E-state index is 12.7.